The topological polar surface area (TPSA) is 97.0 Å². The van der Waals surface area contributed by atoms with E-state index in [1.165, 1.54) is 20.5 Å². The van der Waals surface area contributed by atoms with Gasteiger partial charge in [0.2, 0.25) is 5.76 Å². The maximum Gasteiger partial charge on any atom is 0.371 e. The van der Waals surface area contributed by atoms with Gasteiger partial charge in [0.25, 0.3) is 10.0 Å². The van der Waals surface area contributed by atoms with Crippen molar-refractivity contribution >= 4 is 16.0 Å². The summed E-state index contributed by atoms with van der Waals surface area (Å²) >= 11 is 0. The standard InChI is InChI=1S/C14H21NO6S/c1-10-13(8-12(21-10)14(16)17)22(18,19)15(20-2)9-11-6-4-3-5-7-11/h8,11H,3-7,9H2,1-2H3,(H,16,17). The van der Waals surface area contributed by atoms with Crippen molar-refractivity contribution in [2.24, 2.45) is 5.92 Å². The van der Waals surface area contributed by atoms with Gasteiger partial charge in [-0.2, -0.15) is 0 Å². The van der Waals surface area contributed by atoms with Crippen LogP contribution in [0.3, 0.4) is 0 Å². The first kappa shape index (κ1) is 17.0. The molecule has 1 aromatic rings. The van der Waals surface area contributed by atoms with E-state index in [1.54, 1.807) is 0 Å². The van der Waals surface area contributed by atoms with Gasteiger partial charge in [-0.25, -0.2) is 13.2 Å². The predicted molar refractivity (Wildman–Crippen MR) is 77.9 cm³/mol. The molecule has 2 rings (SSSR count). The van der Waals surface area contributed by atoms with E-state index >= 15 is 0 Å². The summed E-state index contributed by atoms with van der Waals surface area (Å²) in [4.78, 5) is 15.8. The highest BCUT2D eigenvalue weighted by Crippen LogP contribution is 2.28. The van der Waals surface area contributed by atoms with Crippen molar-refractivity contribution in [2.75, 3.05) is 13.7 Å². The predicted octanol–water partition coefficient (Wildman–Crippen LogP) is 2.42. The summed E-state index contributed by atoms with van der Waals surface area (Å²) in [5.74, 6) is -1.40. The average Bonchev–Trinajstić information content (AvgIpc) is 2.88. The Morgan fingerprint density at radius 1 is 1.41 bits per heavy atom. The van der Waals surface area contributed by atoms with Crippen LogP contribution < -0.4 is 0 Å². The Labute approximate surface area is 129 Å². The summed E-state index contributed by atoms with van der Waals surface area (Å²) in [6.45, 7) is 1.69. The zero-order valence-electron chi connectivity index (χ0n) is 12.7. The van der Waals surface area contributed by atoms with E-state index in [1.807, 2.05) is 0 Å². The van der Waals surface area contributed by atoms with Gasteiger partial charge in [-0.05, 0) is 25.7 Å². The van der Waals surface area contributed by atoms with E-state index in [2.05, 4.69) is 0 Å². The van der Waals surface area contributed by atoms with Crippen LogP contribution in [0, 0.1) is 12.8 Å². The lowest BCUT2D eigenvalue weighted by atomic mass is 9.89. The number of carboxylic acids is 1. The number of furan rings is 1. The Balaban J connectivity index is 2.24. The molecule has 1 aliphatic rings. The lowest BCUT2D eigenvalue weighted by Gasteiger charge is -2.27. The van der Waals surface area contributed by atoms with E-state index in [4.69, 9.17) is 14.4 Å². The first-order valence-electron chi connectivity index (χ1n) is 7.27. The molecule has 0 amide bonds. The van der Waals surface area contributed by atoms with Crippen LogP contribution in [0.5, 0.6) is 0 Å². The second kappa shape index (κ2) is 6.80. The zero-order chi connectivity index (χ0) is 16.3. The van der Waals surface area contributed by atoms with Crippen molar-refractivity contribution in [3.8, 4) is 0 Å². The molecule has 8 heteroatoms. The van der Waals surface area contributed by atoms with Crippen LogP contribution in [0.4, 0.5) is 0 Å². The molecular weight excluding hydrogens is 310 g/mol. The highest BCUT2D eigenvalue weighted by atomic mass is 32.2. The fraction of sp³-hybridized carbons (Fsp3) is 0.643. The van der Waals surface area contributed by atoms with E-state index in [9.17, 15) is 13.2 Å². The Morgan fingerprint density at radius 3 is 2.55 bits per heavy atom. The highest BCUT2D eigenvalue weighted by Gasteiger charge is 2.32. The van der Waals surface area contributed by atoms with Gasteiger partial charge in [-0.3, -0.25) is 4.84 Å². The van der Waals surface area contributed by atoms with Crippen LogP contribution in [-0.2, 0) is 14.9 Å². The van der Waals surface area contributed by atoms with Crippen LogP contribution in [0.15, 0.2) is 15.4 Å². The van der Waals surface area contributed by atoms with Gasteiger partial charge in [0.1, 0.15) is 10.7 Å². The van der Waals surface area contributed by atoms with Crippen molar-refractivity contribution in [2.45, 2.75) is 43.9 Å². The fourth-order valence-corrected chi connectivity index (χ4v) is 4.27. The summed E-state index contributed by atoms with van der Waals surface area (Å²) < 4.78 is 31.2. The minimum Gasteiger partial charge on any atom is -0.475 e. The number of aryl methyl sites for hydroxylation is 1. The first-order valence-corrected chi connectivity index (χ1v) is 8.71. The lowest BCUT2D eigenvalue weighted by Crippen LogP contribution is -2.35. The van der Waals surface area contributed by atoms with Gasteiger partial charge in [0.15, 0.2) is 0 Å². The van der Waals surface area contributed by atoms with Gasteiger partial charge < -0.3 is 9.52 Å². The highest BCUT2D eigenvalue weighted by molar-refractivity contribution is 7.89. The third-order valence-corrected chi connectivity index (χ3v) is 5.76. The molecule has 0 aliphatic heterocycles. The molecule has 1 aliphatic carbocycles. The Kier molecular flexibility index (Phi) is 5.25. The molecule has 1 aromatic heterocycles. The monoisotopic (exact) mass is 331 g/mol. The minimum atomic E-state index is -3.94. The van der Waals surface area contributed by atoms with Crippen molar-refractivity contribution < 1.29 is 27.6 Å². The number of carbonyl (C=O) groups is 1. The van der Waals surface area contributed by atoms with Crippen LogP contribution in [-0.4, -0.2) is 37.6 Å². The summed E-state index contributed by atoms with van der Waals surface area (Å²) in [5.41, 5.74) is 0. The lowest BCUT2D eigenvalue weighted by molar-refractivity contribution is -0.0613. The number of carboxylic acid groups (broad SMARTS) is 1. The number of sulfonamides is 1. The molecule has 0 saturated heterocycles. The Bertz CT molecular complexity index is 630. The molecule has 0 radical (unpaired) electrons. The van der Waals surface area contributed by atoms with E-state index in [0.29, 0.717) is 0 Å². The van der Waals surface area contributed by atoms with E-state index in [-0.39, 0.29) is 23.1 Å². The first-order chi connectivity index (χ1) is 10.4. The maximum absolute atomic E-state index is 12.6. The molecule has 0 spiro atoms. The Hall–Kier alpha value is -1.38. The zero-order valence-corrected chi connectivity index (χ0v) is 13.6. The molecule has 1 heterocycles. The molecule has 0 aromatic carbocycles. The summed E-state index contributed by atoms with van der Waals surface area (Å²) in [6.07, 6.45) is 5.31. The van der Waals surface area contributed by atoms with Crippen LogP contribution in [0.25, 0.3) is 0 Å². The number of rotatable bonds is 6. The number of hydrogen-bond acceptors (Lipinski definition) is 5. The number of aromatic carboxylic acids is 1. The number of hydroxylamine groups is 1. The largest absolute Gasteiger partial charge is 0.475 e. The van der Waals surface area contributed by atoms with Crippen molar-refractivity contribution in [3.05, 3.63) is 17.6 Å². The van der Waals surface area contributed by atoms with Crippen LogP contribution in [0.1, 0.15) is 48.4 Å². The average molecular weight is 331 g/mol. The van der Waals surface area contributed by atoms with Gasteiger partial charge in [-0.1, -0.05) is 23.7 Å². The molecule has 7 nitrogen and oxygen atoms in total. The summed E-state index contributed by atoms with van der Waals surface area (Å²) in [5, 5.41) is 8.91. The fourth-order valence-electron chi connectivity index (χ4n) is 2.79. The molecular formula is C14H21NO6S. The second-order valence-corrected chi connectivity index (χ2v) is 7.31. The van der Waals surface area contributed by atoms with Crippen molar-refractivity contribution in [3.63, 3.8) is 0 Å². The molecule has 1 saturated carbocycles. The molecule has 0 unspecified atom stereocenters. The van der Waals surface area contributed by atoms with Gasteiger partial charge >= 0.3 is 5.97 Å². The number of hydrogen-bond donors (Lipinski definition) is 1. The Morgan fingerprint density at radius 2 is 2.05 bits per heavy atom. The normalized spacial score (nSPS) is 17.0. The SMILES string of the molecule is CON(CC1CCCCC1)S(=O)(=O)c1cc(C(=O)O)oc1C. The maximum atomic E-state index is 12.6. The summed E-state index contributed by atoms with van der Waals surface area (Å²) in [6, 6.07) is 1.03. The smallest absolute Gasteiger partial charge is 0.371 e. The van der Waals surface area contributed by atoms with Gasteiger partial charge in [0, 0.05) is 12.6 Å². The van der Waals surface area contributed by atoms with Gasteiger partial charge in [-0.15, -0.1) is 0 Å². The van der Waals surface area contributed by atoms with Crippen LogP contribution in [0.2, 0.25) is 0 Å². The van der Waals surface area contributed by atoms with Crippen molar-refractivity contribution in [1.82, 2.24) is 4.47 Å². The third-order valence-electron chi connectivity index (χ3n) is 3.96. The number of nitrogens with zero attached hydrogens (tertiary/aromatic N) is 1. The molecule has 1 N–H and O–H groups in total. The molecule has 1 fully saturated rings. The van der Waals surface area contributed by atoms with Crippen molar-refractivity contribution in [1.29, 1.82) is 0 Å². The molecule has 124 valence electrons. The van der Waals surface area contributed by atoms with E-state index in [0.717, 1.165) is 36.2 Å². The van der Waals surface area contributed by atoms with Gasteiger partial charge in [0.05, 0.1) is 7.11 Å². The quantitative estimate of drug-likeness (QED) is 0.804. The second-order valence-electron chi connectivity index (χ2n) is 5.51. The third kappa shape index (κ3) is 3.50. The van der Waals surface area contributed by atoms with Crippen LogP contribution >= 0.6 is 0 Å². The minimum absolute atomic E-state index is 0.0445. The molecule has 0 bridgehead atoms. The molecule has 0 atom stereocenters. The molecule has 22 heavy (non-hydrogen) atoms. The van der Waals surface area contributed by atoms with E-state index < -0.39 is 21.8 Å². The summed E-state index contributed by atoms with van der Waals surface area (Å²) in [7, 11) is -2.64.